The van der Waals surface area contributed by atoms with E-state index in [0.29, 0.717) is 5.76 Å². The van der Waals surface area contributed by atoms with Gasteiger partial charge in [-0.15, -0.1) is 0 Å². The summed E-state index contributed by atoms with van der Waals surface area (Å²) < 4.78 is 10.1. The minimum atomic E-state index is -1.02. The lowest BCUT2D eigenvalue weighted by molar-refractivity contribution is -0.145. The standard InChI is InChI=1S/C9H10O5/c10-7-4-5(9(11)12)8(14-7)6-2-1-3-13-6/h1-3,5,7-8,10H,4H2,(H,11,12). The molecule has 5 heteroatoms. The molecule has 0 saturated carbocycles. The first-order chi connectivity index (χ1) is 6.68. The molecule has 5 nitrogen and oxygen atoms in total. The van der Waals surface area contributed by atoms with Crippen LogP contribution in [0.15, 0.2) is 22.8 Å². The van der Waals surface area contributed by atoms with Crippen LogP contribution in [0.25, 0.3) is 0 Å². The molecule has 2 heterocycles. The summed E-state index contributed by atoms with van der Waals surface area (Å²) in [6.07, 6.45) is -0.160. The van der Waals surface area contributed by atoms with Crippen LogP contribution in [0.4, 0.5) is 0 Å². The molecule has 0 amide bonds. The van der Waals surface area contributed by atoms with E-state index < -0.39 is 24.3 Å². The fourth-order valence-electron chi connectivity index (χ4n) is 1.61. The molecular formula is C9H10O5. The van der Waals surface area contributed by atoms with Gasteiger partial charge < -0.3 is 19.4 Å². The zero-order chi connectivity index (χ0) is 10.1. The number of aliphatic hydroxyl groups excluding tert-OH is 1. The topological polar surface area (TPSA) is 79.9 Å². The number of aliphatic carboxylic acids is 1. The van der Waals surface area contributed by atoms with E-state index in [0.717, 1.165) is 0 Å². The average molecular weight is 198 g/mol. The number of hydrogen-bond donors (Lipinski definition) is 2. The summed E-state index contributed by atoms with van der Waals surface area (Å²) >= 11 is 0. The van der Waals surface area contributed by atoms with E-state index in [-0.39, 0.29) is 6.42 Å². The highest BCUT2D eigenvalue weighted by atomic mass is 16.6. The molecule has 0 spiro atoms. The molecule has 1 aliphatic heterocycles. The van der Waals surface area contributed by atoms with Gasteiger partial charge in [-0.3, -0.25) is 4.79 Å². The molecule has 0 bridgehead atoms. The second-order valence-electron chi connectivity index (χ2n) is 3.21. The number of rotatable bonds is 2. The van der Waals surface area contributed by atoms with Crippen molar-refractivity contribution in [2.75, 3.05) is 0 Å². The Labute approximate surface area is 79.9 Å². The van der Waals surface area contributed by atoms with Crippen LogP contribution in [0, 0.1) is 5.92 Å². The number of aliphatic hydroxyl groups is 1. The van der Waals surface area contributed by atoms with Gasteiger partial charge in [-0.2, -0.15) is 0 Å². The van der Waals surface area contributed by atoms with Gasteiger partial charge in [0.15, 0.2) is 6.29 Å². The number of furan rings is 1. The third kappa shape index (κ3) is 1.51. The van der Waals surface area contributed by atoms with Gasteiger partial charge in [0.05, 0.1) is 12.2 Å². The fraction of sp³-hybridized carbons (Fsp3) is 0.444. The highest BCUT2D eigenvalue weighted by Crippen LogP contribution is 2.37. The molecule has 0 aromatic carbocycles. The molecule has 1 aliphatic rings. The summed E-state index contributed by atoms with van der Waals surface area (Å²) in [6.45, 7) is 0. The summed E-state index contributed by atoms with van der Waals surface area (Å²) in [7, 11) is 0. The van der Waals surface area contributed by atoms with Crippen molar-refractivity contribution in [2.24, 2.45) is 5.92 Å². The first-order valence-corrected chi connectivity index (χ1v) is 4.28. The van der Waals surface area contributed by atoms with Crippen molar-refractivity contribution in [3.05, 3.63) is 24.2 Å². The van der Waals surface area contributed by atoms with E-state index in [2.05, 4.69) is 0 Å². The third-order valence-electron chi connectivity index (χ3n) is 2.27. The lowest BCUT2D eigenvalue weighted by atomic mass is 10.00. The smallest absolute Gasteiger partial charge is 0.309 e. The first kappa shape index (κ1) is 9.23. The molecule has 0 radical (unpaired) electrons. The Kier molecular flexibility index (Phi) is 2.26. The second kappa shape index (κ2) is 3.43. The lowest BCUT2D eigenvalue weighted by Gasteiger charge is -2.11. The summed E-state index contributed by atoms with van der Waals surface area (Å²) in [5.41, 5.74) is 0. The van der Waals surface area contributed by atoms with Crippen molar-refractivity contribution in [1.29, 1.82) is 0 Å². The van der Waals surface area contributed by atoms with Gasteiger partial charge in [-0.05, 0) is 12.1 Å². The van der Waals surface area contributed by atoms with Gasteiger partial charge in [0.2, 0.25) is 0 Å². The maximum Gasteiger partial charge on any atom is 0.309 e. The number of carboxylic acids is 1. The fourth-order valence-corrected chi connectivity index (χ4v) is 1.61. The number of carboxylic acid groups (broad SMARTS) is 1. The summed E-state index contributed by atoms with van der Waals surface area (Å²) in [6, 6.07) is 3.29. The zero-order valence-corrected chi connectivity index (χ0v) is 7.29. The Morgan fingerprint density at radius 2 is 2.36 bits per heavy atom. The van der Waals surface area contributed by atoms with Gasteiger partial charge in [0.25, 0.3) is 0 Å². The normalized spacial score (nSPS) is 31.9. The van der Waals surface area contributed by atoms with E-state index in [1.807, 2.05) is 0 Å². The second-order valence-corrected chi connectivity index (χ2v) is 3.21. The molecule has 3 atom stereocenters. The van der Waals surface area contributed by atoms with E-state index in [9.17, 15) is 9.90 Å². The Bertz CT molecular complexity index is 318. The molecule has 3 unspecified atom stereocenters. The van der Waals surface area contributed by atoms with E-state index in [1.165, 1.54) is 6.26 Å². The van der Waals surface area contributed by atoms with Crippen molar-refractivity contribution >= 4 is 5.97 Å². The Morgan fingerprint density at radius 1 is 1.57 bits per heavy atom. The minimum absolute atomic E-state index is 0.0979. The third-order valence-corrected chi connectivity index (χ3v) is 2.27. The predicted octanol–water partition coefficient (Wildman–Crippen LogP) is 0.760. The average Bonchev–Trinajstić information content (AvgIpc) is 2.70. The van der Waals surface area contributed by atoms with Gasteiger partial charge in [-0.1, -0.05) is 0 Å². The Hall–Kier alpha value is -1.33. The van der Waals surface area contributed by atoms with Gasteiger partial charge in [-0.25, -0.2) is 0 Å². The summed E-state index contributed by atoms with van der Waals surface area (Å²) in [5.74, 6) is -1.28. The molecular weight excluding hydrogens is 188 g/mol. The molecule has 2 rings (SSSR count). The molecule has 0 aliphatic carbocycles. The van der Waals surface area contributed by atoms with E-state index >= 15 is 0 Å². The molecule has 1 aromatic heterocycles. The zero-order valence-electron chi connectivity index (χ0n) is 7.29. The van der Waals surface area contributed by atoms with Gasteiger partial charge in [0.1, 0.15) is 11.9 Å². The van der Waals surface area contributed by atoms with Gasteiger partial charge in [0, 0.05) is 6.42 Å². The quantitative estimate of drug-likeness (QED) is 0.733. The van der Waals surface area contributed by atoms with Crippen molar-refractivity contribution in [3.63, 3.8) is 0 Å². The largest absolute Gasteiger partial charge is 0.481 e. The first-order valence-electron chi connectivity index (χ1n) is 4.28. The predicted molar refractivity (Wildman–Crippen MR) is 44.3 cm³/mol. The summed E-state index contributed by atoms with van der Waals surface area (Å²) in [4.78, 5) is 10.8. The minimum Gasteiger partial charge on any atom is -0.481 e. The van der Waals surface area contributed by atoms with Crippen LogP contribution in [0.5, 0.6) is 0 Å². The molecule has 76 valence electrons. The van der Waals surface area contributed by atoms with Gasteiger partial charge >= 0.3 is 5.97 Å². The van der Waals surface area contributed by atoms with Crippen LogP contribution >= 0.6 is 0 Å². The molecule has 1 saturated heterocycles. The highest BCUT2D eigenvalue weighted by molar-refractivity contribution is 5.71. The van der Waals surface area contributed by atoms with Crippen LogP contribution < -0.4 is 0 Å². The lowest BCUT2D eigenvalue weighted by Crippen LogP contribution is -2.17. The van der Waals surface area contributed by atoms with Crippen molar-refractivity contribution in [2.45, 2.75) is 18.8 Å². The van der Waals surface area contributed by atoms with E-state index in [1.54, 1.807) is 12.1 Å². The molecule has 1 fully saturated rings. The van der Waals surface area contributed by atoms with Crippen LogP contribution in [0.1, 0.15) is 18.3 Å². The Balaban J connectivity index is 2.21. The maximum absolute atomic E-state index is 10.8. The highest BCUT2D eigenvalue weighted by Gasteiger charge is 2.41. The van der Waals surface area contributed by atoms with Crippen molar-refractivity contribution in [1.82, 2.24) is 0 Å². The maximum atomic E-state index is 10.8. The van der Waals surface area contributed by atoms with E-state index in [4.69, 9.17) is 14.3 Å². The monoisotopic (exact) mass is 198 g/mol. The van der Waals surface area contributed by atoms with Crippen LogP contribution in [-0.4, -0.2) is 22.5 Å². The number of hydrogen-bond acceptors (Lipinski definition) is 4. The van der Waals surface area contributed by atoms with Crippen LogP contribution in [0.3, 0.4) is 0 Å². The molecule has 1 aromatic rings. The van der Waals surface area contributed by atoms with Crippen LogP contribution in [-0.2, 0) is 9.53 Å². The van der Waals surface area contributed by atoms with Crippen LogP contribution in [0.2, 0.25) is 0 Å². The van der Waals surface area contributed by atoms with Crippen molar-refractivity contribution < 1.29 is 24.2 Å². The van der Waals surface area contributed by atoms with Crippen molar-refractivity contribution in [3.8, 4) is 0 Å². The number of ether oxygens (including phenoxy) is 1. The Morgan fingerprint density at radius 3 is 2.93 bits per heavy atom. The molecule has 2 N–H and O–H groups in total. The SMILES string of the molecule is O=C(O)C1CC(O)OC1c1ccco1. The molecule has 14 heavy (non-hydrogen) atoms. The summed E-state index contributed by atoms with van der Waals surface area (Å²) in [5, 5.41) is 18.1. The number of carbonyl (C=O) groups is 1.